The second-order valence-corrected chi connectivity index (χ2v) is 4.38. The van der Waals surface area contributed by atoms with Gasteiger partial charge in [0.15, 0.2) is 0 Å². The molecule has 1 heteroatoms. The van der Waals surface area contributed by atoms with Gasteiger partial charge in [-0.2, -0.15) is 0 Å². The lowest BCUT2D eigenvalue weighted by Crippen LogP contribution is -2.26. The molecule has 0 aromatic rings. The lowest BCUT2D eigenvalue weighted by Gasteiger charge is -2.19. The Balaban J connectivity index is 2.05. The molecule has 0 heterocycles. The van der Waals surface area contributed by atoms with Crippen molar-refractivity contribution in [1.29, 1.82) is 0 Å². The van der Waals surface area contributed by atoms with Gasteiger partial charge in [0.2, 0.25) is 0 Å². The second kappa shape index (κ2) is 5.29. The molecular weight excluding hydrogens is 158 g/mol. The summed E-state index contributed by atoms with van der Waals surface area (Å²) in [6.07, 6.45) is 10.1. The molecule has 0 radical (unpaired) electrons. The van der Waals surface area contributed by atoms with Crippen LogP contribution in [0, 0.1) is 24.2 Å². The molecule has 0 saturated heterocycles. The van der Waals surface area contributed by atoms with Gasteiger partial charge in [-0.3, -0.25) is 0 Å². The van der Waals surface area contributed by atoms with Crippen LogP contribution in [0.15, 0.2) is 0 Å². The summed E-state index contributed by atoms with van der Waals surface area (Å²) in [6.45, 7) is 5.78. The van der Waals surface area contributed by atoms with E-state index in [9.17, 15) is 0 Å². The van der Waals surface area contributed by atoms with E-state index in [1.54, 1.807) is 0 Å². The minimum absolute atomic E-state index is 0.752. The molecule has 1 rings (SSSR count). The molecule has 1 fully saturated rings. The van der Waals surface area contributed by atoms with Crippen molar-refractivity contribution in [2.24, 2.45) is 11.8 Å². The maximum absolute atomic E-state index is 5.24. The molecular formula is C12H21N. The Labute approximate surface area is 82.3 Å². The first-order valence-electron chi connectivity index (χ1n) is 5.41. The number of nitrogens with one attached hydrogen (secondary N) is 1. The van der Waals surface area contributed by atoms with Crippen LogP contribution in [0.3, 0.4) is 0 Å². The minimum atomic E-state index is 0.752. The topological polar surface area (TPSA) is 12.0 Å². The quantitative estimate of drug-likeness (QED) is 0.617. The molecule has 0 amide bonds. The van der Waals surface area contributed by atoms with Crippen LogP contribution in [0.1, 0.15) is 39.5 Å². The summed E-state index contributed by atoms with van der Waals surface area (Å²) in [5, 5.41) is 3.56. The van der Waals surface area contributed by atoms with E-state index in [-0.39, 0.29) is 0 Å². The van der Waals surface area contributed by atoms with E-state index in [4.69, 9.17) is 6.42 Å². The number of terminal acetylenes is 1. The third-order valence-corrected chi connectivity index (χ3v) is 3.02. The van der Waals surface area contributed by atoms with Gasteiger partial charge in [-0.1, -0.05) is 13.8 Å². The summed E-state index contributed by atoms with van der Waals surface area (Å²) < 4.78 is 0. The van der Waals surface area contributed by atoms with E-state index in [1.165, 1.54) is 19.3 Å². The average molecular weight is 179 g/mol. The Morgan fingerprint density at radius 1 is 1.38 bits per heavy atom. The van der Waals surface area contributed by atoms with Crippen LogP contribution < -0.4 is 5.32 Å². The van der Waals surface area contributed by atoms with Crippen LogP contribution in [0.4, 0.5) is 0 Å². The van der Waals surface area contributed by atoms with Gasteiger partial charge in [0.05, 0.1) is 0 Å². The fourth-order valence-corrected chi connectivity index (χ4v) is 1.44. The first kappa shape index (κ1) is 10.6. The highest BCUT2D eigenvalue weighted by Crippen LogP contribution is 2.21. The Bertz CT molecular complexity index is 176. The smallest absolute Gasteiger partial charge is 0.00887 e. The predicted octanol–water partition coefficient (Wildman–Crippen LogP) is 2.42. The molecule has 0 aromatic heterocycles. The molecule has 1 saturated carbocycles. The Morgan fingerprint density at radius 2 is 2.08 bits per heavy atom. The van der Waals surface area contributed by atoms with E-state index < -0.39 is 0 Å². The van der Waals surface area contributed by atoms with Gasteiger partial charge < -0.3 is 5.32 Å². The van der Waals surface area contributed by atoms with Gasteiger partial charge >= 0.3 is 0 Å². The first-order valence-corrected chi connectivity index (χ1v) is 5.41. The van der Waals surface area contributed by atoms with Gasteiger partial charge in [0.1, 0.15) is 0 Å². The maximum Gasteiger partial charge on any atom is 0.00887 e. The molecule has 13 heavy (non-hydrogen) atoms. The van der Waals surface area contributed by atoms with Crippen LogP contribution >= 0.6 is 0 Å². The van der Waals surface area contributed by atoms with Crippen LogP contribution in [-0.4, -0.2) is 12.6 Å². The van der Waals surface area contributed by atoms with E-state index in [2.05, 4.69) is 25.1 Å². The van der Waals surface area contributed by atoms with Crippen LogP contribution in [0.5, 0.6) is 0 Å². The molecule has 1 aliphatic carbocycles. The lowest BCUT2D eigenvalue weighted by molar-refractivity contribution is 0.350. The molecule has 2 atom stereocenters. The molecule has 2 unspecified atom stereocenters. The summed E-state index contributed by atoms with van der Waals surface area (Å²) in [4.78, 5) is 0. The van der Waals surface area contributed by atoms with Crippen molar-refractivity contribution in [3.63, 3.8) is 0 Å². The third kappa shape index (κ3) is 4.33. The molecule has 1 nitrogen and oxygen atoms in total. The fraction of sp³-hybridized carbons (Fsp3) is 0.833. The highest BCUT2D eigenvalue weighted by atomic mass is 14.9. The largest absolute Gasteiger partial charge is 0.314 e. The third-order valence-electron chi connectivity index (χ3n) is 3.02. The Morgan fingerprint density at radius 3 is 2.62 bits per heavy atom. The monoisotopic (exact) mass is 179 g/mol. The van der Waals surface area contributed by atoms with Crippen molar-refractivity contribution >= 4 is 0 Å². The normalized spacial score (nSPS) is 20.7. The molecule has 1 N–H and O–H groups in total. The summed E-state index contributed by atoms with van der Waals surface area (Å²) in [6, 6.07) is 0.835. The predicted molar refractivity (Wildman–Crippen MR) is 57.4 cm³/mol. The van der Waals surface area contributed by atoms with Gasteiger partial charge in [0.25, 0.3) is 0 Å². The van der Waals surface area contributed by atoms with E-state index in [1.807, 2.05) is 0 Å². The van der Waals surface area contributed by atoms with Gasteiger partial charge in [-0.15, -0.1) is 12.3 Å². The number of hydrogen-bond donors (Lipinski definition) is 1. The maximum atomic E-state index is 5.24. The summed E-state index contributed by atoms with van der Waals surface area (Å²) >= 11 is 0. The summed E-state index contributed by atoms with van der Waals surface area (Å²) in [5.74, 6) is 4.22. The number of hydrogen-bond acceptors (Lipinski definition) is 1. The van der Waals surface area contributed by atoms with Gasteiger partial charge in [0, 0.05) is 12.5 Å². The van der Waals surface area contributed by atoms with Crippen molar-refractivity contribution in [3.8, 4) is 12.3 Å². The zero-order chi connectivity index (χ0) is 9.68. The number of rotatable bonds is 6. The molecule has 74 valence electrons. The van der Waals surface area contributed by atoms with E-state index >= 15 is 0 Å². The highest BCUT2D eigenvalue weighted by Gasteiger charge is 2.21. The Kier molecular flexibility index (Phi) is 4.32. The first-order chi connectivity index (χ1) is 6.24. The fourth-order valence-electron chi connectivity index (χ4n) is 1.44. The molecule has 0 bridgehead atoms. The van der Waals surface area contributed by atoms with E-state index in [0.29, 0.717) is 0 Å². The minimum Gasteiger partial charge on any atom is -0.314 e. The van der Waals surface area contributed by atoms with Crippen molar-refractivity contribution in [2.75, 3.05) is 6.54 Å². The standard InChI is InChI=1S/C12H21N/c1-4-5-6-10(2)11(3)9-13-12-7-8-12/h1,10-13H,5-9H2,2-3H3. The molecule has 1 aliphatic rings. The second-order valence-electron chi connectivity index (χ2n) is 4.38. The lowest BCUT2D eigenvalue weighted by atomic mass is 9.91. The SMILES string of the molecule is C#CCCC(C)C(C)CNC1CC1. The van der Waals surface area contributed by atoms with Crippen LogP contribution in [-0.2, 0) is 0 Å². The zero-order valence-electron chi connectivity index (χ0n) is 8.84. The van der Waals surface area contributed by atoms with Crippen molar-refractivity contribution < 1.29 is 0 Å². The summed E-state index contributed by atoms with van der Waals surface area (Å²) in [7, 11) is 0. The zero-order valence-corrected chi connectivity index (χ0v) is 8.84. The van der Waals surface area contributed by atoms with Gasteiger partial charge in [-0.05, 0) is 37.6 Å². The highest BCUT2D eigenvalue weighted by molar-refractivity contribution is 4.85. The molecule has 0 aliphatic heterocycles. The van der Waals surface area contributed by atoms with Crippen molar-refractivity contribution in [3.05, 3.63) is 0 Å². The van der Waals surface area contributed by atoms with Gasteiger partial charge in [-0.25, -0.2) is 0 Å². The average Bonchev–Trinajstić information content (AvgIpc) is 2.93. The Hall–Kier alpha value is -0.480. The van der Waals surface area contributed by atoms with Crippen LogP contribution in [0.25, 0.3) is 0 Å². The van der Waals surface area contributed by atoms with Crippen LogP contribution in [0.2, 0.25) is 0 Å². The van der Waals surface area contributed by atoms with E-state index in [0.717, 1.165) is 30.8 Å². The summed E-state index contributed by atoms with van der Waals surface area (Å²) in [5.41, 5.74) is 0. The van der Waals surface area contributed by atoms with Crippen molar-refractivity contribution in [2.45, 2.75) is 45.6 Å². The van der Waals surface area contributed by atoms with Crippen molar-refractivity contribution in [1.82, 2.24) is 5.32 Å². The molecule has 0 spiro atoms. The molecule has 0 aromatic carbocycles.